The molecule has 0 spiro atoms. The Labute approximate surface area is 305 Å². The number of benzene rings is 3. The molecule has 2 N–H and O–H groups in total. The number of hydrogen-bond acceptors (Lipinski definition) is 7. The molecule has 0 bridgehead atoms. The van der Waals surface area contributed by atoms with Crippen molar-refractivity contribution in [2.24, 2.45) is 13.0 Å². The van der Waals surface area contributed by atoms with E-state index in [1.165, 1.54) is 9.13 Å². The summed E-state index contributed by atoms with van der Waals surface area (Å²) in [6, 6.07) is 19.3. The van der Waals surface area contributed by atoms with Crippen LogP contribution in [0.15, 0.2) is 71.7 Å². The van der Waals surface area contributed by atoms with Gasteiger partial charge in [0.1, 0.15) is 12.2 Å². The third kappa shape index (κ3) is 6.63. The molecule has 2 saturated heterocycles. The monoisotopic (exact) mass is 716 g/mol. The Morgan fingerprint density at radius 1 is 1.02 bits per heavy atom. The number of imidazole rings is 1. The number of carbonyl (C=O) groups excluding carboxylic acids is 3. The van der Waals surface area contributed by atoms with Crippen molar-refractivity contribution in [3.8, 4) is 6.07 Å². The molecular weight excluding hydrogens is 675 g/mol. The van der Waals surface area contributed by atoms with Gasteiger partial charge in [0.25, 0.3) is 5.91 Å². The van der Waals surface area contributed by atoms with Crippen LogP contribution in [0.5, 0.6) is 0 Å². The van der Waals surface area contributed by atoms with E-state index in [9.17, 15) is 19.2 Å². The molecule has 3 amide bonds. The van der Waals surface area contributed by atoms with Crippen molar-refractivity contribution < 1.29 is 18.8 Å². The number of aryl methyl sites for hydroxylation is 1. The third-order valence-electron chi connectivity index (χ3n) is 11.4. The first-order valence-corrected chi connectivity index (χ1v) is 18.4. The fourth-order valence-electron chi connectivity index (χ4n) is 8.68. The predicted molar refractivity (Wildman–Crippen MR) is 197 cm³/mol. The maximum absolute atomic E-state index is 16.1. The number of halogens is 1. The maximum Gasteiger partial charge on any atom is 0.329 e. The molecule has 3 aromatic carbocycles. The lowest BCUT2D eigenvalue weighted by atomic mass is 9.83. The smallest absolute Gasteiger partial charge is 0.322 e. The van der Waals surface area contributed by atoms with Crippen LogP contribution in [-0.4, -0.2) is 67.3 Å². The molecule has 5 aromatic rings. The number of carbonyl (C=O) groups is 3. The van der Waals surface area contributed by atoms with Crippen molar-refractivity contribution in [1.82, 2.24) is 29.1 Å². The number of aromatic nitrogens is 4. The summed E-state index contributed by atoms with van der Waals surface area (Å²) in [4.78, 5) is 52.9. The third-order valence-corrected chi connectivity index (χ3v) is 11.4. The summed E-state index contributed by atoms with van der Waals surface area (Å²) >= 11 is 0. The molecule has 4 heterocycles. The zero-order chi connectivity index (χ0) is 36.8. The van der Waals surface area contributed by atoms with Crippen molar-refractivity contribution >= 4 is 45.3 Å². The van der Waals surface area contributed by atoms with Gasteiger partial charge >= 0.3 is 5.69 Å². The highest BCUT2D eigenvalue weighted by molar-refractivity contribution is 6.05. The predicted octanol–water partition coefficient (Wildman–Crippen LogP) is 5.35. The molecule has 1 saturated carbocycles. The van der Waals surface area contributed by atoms with Crippen LogP contribution in [0.2, 0.25) is 0 Å². The Balaban J connectivity index is 0.878. The van der Waals surface area contributed by atoms with Gasteiger partial charge in [-0.2, -0.15) is 10.4 Å². The van der Waals surface area contributed by atoms with Gasteiger partial charge in [-0.3, -0.25) is 33.5 Å². The molecule has 13 heteroatoms. The minimum atomic E-state index is -1.10. The van der Waals surface area contributed by atoms with Crippen LogP contribution in [0, 0.1) is 17.2 Å². The molecule has 12 nitrogen and oxygen atoms in total. The van der Waals surface area contributed by atoms with Crippen LogP contribution >= 0.6 is 0 Å². The van der Waals surface area contributed by atoms with Gasteiger partial charge < -0.3 is 10.2 Å². The summed E-state index contributed by atoms with van der Waals surface area (Å²) in [5.74, 6) is -1.00. The second-order valence-electron chi connectivity index (χ2n) is 14.8. The summed E-state index contributed by atoms with van der Waals surface area (Å²) in [5.41, 5.74) is 4.05. The molecule has 3 fully saturated rings. The van der Waals surface area contributed by atoms with Gasteiger partial charge in [0, 0.05) is 55.3 Å². The lowest BCUT2D eigenvalue weighted by Gasteiger charge is -2.38. The first-order valence-electron chi connectivity index (χ1n) is 18.4. The first kappa shape index (κ1) is 34.5. The van der Waals surface area contributed by atoms with Crippen molar-refractivity contribution in [1.29, 1.82) is 5.26 Å². The Morgan fingerprint density at radius 2 is 1.83 bits per heavy atom. The van der Waals surface area contributed by atoms with Gasteiger partial charge in [0.2, 0.25) is 11.8 Å². The quantitative estimate of drug-likeness (QED) is 0.216. The number of piperidine rings is 2. The number of likely N-dealkylation sites (tertiary alicyclic amines) is 1. The summed E-state index contributed by atoms with van der Waals surface area (Å²) in [7, 11) is 1.66. The molecule has 8 rings (SSSR count). The van der Waals surface area contributed by atoms with E-state index in [4.69, 9.17) is 10.4 Å². The Kier molecular flexibility index (Phi) is 9.16. The molecular formula is C40H41FN8O4. The molecule has 3 aliphatic rings. The highest BCUT2D eigenvalue weighted by atomic mass is 19.1. The number of anilines is 1. The SMILES string of the molecule is Cn1c(=O)n(C2CCC(=O)NC2=O)c2cccc([C@@H]3CCN(CC4CCC(n5cc6cc(NC(=O)c7cccc(C#N)c7)ccc6n5)CC4)C[C@H]3F)c21. The Bertz CT molecular complexity index is 2350. The Morgan fingerprint density at radius 3 is 2.60 bits per heavy atom. The number of nitriles is 1. The zero-order valence-corrected chi connectivity index (χ0v) is 29.5. The largest absolute Gasteiger partial charge is 0.329 e. The minimum absolute atomic E-state index is 0.165. The number of alkyl halides is 1. The second-order valence-corrected chi connectivity index (χ2v) is 14.8. The lowest BCUT2D eigenvalue weighted by molar-refractivity contribution is -0.135. The van der Waals surface area contributed by atoms with Crippen molar-refractivity contribution in [2.45, 2.75) is 69.1 Å². The summed E-state index contributed by atoms with van der Waals surface area (Å²) in [6.45, 7) is 1.93. The normalized spacial score (nSPS) is 23.9. The van der Waals surface area contributed by atoms with E-state index >= 15 is 4.39 Å². The Hall–Kier alpha value is -5.61. The van der Waals surface area contributed by atoms with Crippen molar-refractivity contribution in [2.75, 3.05) is 25.0 Å². The second kappa shape index (κ2) is 14.1. The van der Waals surface area contributed by atoms with Crippen LogP contribution in [0.1, 0.15) is 84.4 Å². The van der Waals surface area contributed by atoms with Gasteiger partial charge in [-0.25, -0.2) is 9.18 Å². The zero-order valence-electron chi connectivity index (χ0n) is 29.5. The molecule has 3 atom stereocenters. The summed E-state index contributed by atoms with van der Waals surface area (Å²) < 4.78 is 21.1. The number of hydrogen-bond donors (Lipinski definition) is 2. The number of fused-ring (bicyclic) bond motifs is 2. The lowest BCUT2D eigenvalue weighted by Crippen LogP contribution is -2.44. The van der Waals surface area contributed by atoms with Gasteiger partial charge in [0.05, 0.1) is 34.2 Å². The van der Waals surface area contributed by atoms with Crippen LogP contribution < -0.4 is 16.3 Å². The van der Waals surface area contributed by atoms with E-state index in [2.05, 4.69) is 21.6 Å². The van der Waals surface area contributed by atoms with Crippen LogP contribution in [0.25, 0.3) is 21.9 Å². The van der Waals surface area contributed by atoms with Gasteiger partial charge in [-0.15, -0.1) is 0 Å². The van der Waals surface area contributed by atoms with E-state index in [0.717, 1.165) is 55.2 Å². The van der Waals surface area contributed by atoms with Crippen LogP contribution in [0.4, 0.5) is 10.1 Å². The van der Waals surface area contributed by atoms with Crippen LogP contribution in [0.3, 0.4) is 0 Å². The van der Waals surface area contributed by atoms with Crippen molar-refractivity contribution in [3.05, 3.63) is 94.0 Å². The summed E-state index contributed by atoms with van der Waals surface area (Å²) in [5, 5.41) is 20.2. The van der Waals surface area contributed by atoms with Gasteiger partial charge in [0.15, 0.2) is 0 Å². The average Bonchev–Trinajstić information content (AvgIpc) is 3.70. The van der Waals surface area contributed by atoms with Crippen molar-refractivity contribution in [3.63, 3.8) is 0 Å². The molecule has 53 heavy (non-hydrogen) atoms. The first-order chi connectivity index (χ1) is 25.7. The van der Waals surface area contributed by atoms with E-state index in [1.807, 2.05) is 41.2 Å². The van der Waals surface area contributed by atoms with E-state index < -0.39 is 18.1 Å². The topological polar surface area (TPSA) is 147 Å². The van der Waals surface area contributed by atoms with E-state index in [1.54, 1.807) is 37.4 Å². The standard InChI is InChI=1S/C40H41FN8O4/c1-46-37-31(6-3-7-34(37)49(40(46)53)35-14-15-36(50)44-39(35)52)30-16-17-47(23-32(30)41)21-24-8-11-29(12-9-24)48-22-27-19-28(10-13-33(27)45-48)43-38(51)26-5-2-4-25(18-26)20-42/h2-7,10,13,18-19,22,24,29-30,32,35H,8-9,11-12,14-17,21,23H2,1H3,(H,43,51)(H,44,50,52)/t24?,29?,30-,32+,35?/m0/s1. The highest BCUT2D eigenvalue weighted by Crippen LogP contribution is 2.38. The number of para-hydroxylation sites is 1. The van der Waals surface area contributed by atoms with Gasteiger partial charge in [-0.1, -0.05) is 18.2 Å². The molecule has 0 radical (unpaired) electrons. The molecule has 1 aliphatic carbocycles. The fourth-order valence-corrected chi connectivity index (χ4v) is 8.68. The molecule has 2 aromatic heterocycles. The highest BCUT2D eigenvalue weighted by Gasteiger charge is 2.36. The molecule has 1 unspecified atom stereocenters. The maximum atomic E-state index is 16.1. The number of imide groups is 1. The fraction of sp³-hybridized carbons (Fsp3) is 0.400. The van der Waals surface area contributed by atoms with E-state index in [0.29, 0.717) is 46.7 Å². The minimum Gasteiger partial charge on any atom is -0.322 e. The average molecular weight is 717 g/mol. The van der Waals surface area contributed by atoms with Crippen LogP contribution in [-0.2, 0) is 16.6 Å². The molecule has 272 valence electrons. The molecule has 2 aliphatic heterocycles. The van der Waals surface area contributed by atoms with Gasteiger partial charge in [-0.05, 0) is 99.0 Å². The van der Waals surface area contributed by atoms with E-state index in [-0.39, 0.29) is 42.3 Å². The number of nitrogens with zero attached hydrogens (tertiary/aromatic N) is 6. The number of nitrogens with one attached hydrogen (secondary N) is 2. The number of amides is 3. The number of rotatable bonds is 7. The summed E-state index contributed by atoms with van der Waals surface area (Å²) in [6.07, 6.45) is 5.99.